The molecular weight excluding hydrogens is 358 g/mol. The third kappa shape index (κ3) is 5.60. The predicted molar refractivity (Wildman–Crippen MR) is 95.1 cm³/mol. The summed E-state index contributed by atoms with van der Waals surface area (Å²) in [5.41, 5.74) is 0.706. The van der Waals surface area contributed by atoms with Crippen LogP contribution in [-0.2, 0) is 4.79 Å². The number of halogens is 1. The molecule has 1 atom stereocenters. The fraction of sp³-hybridized carbons (Fsp3) is 0.278. The molecule has 2 aromatic carbocycles. The summed E-state index contributed by atoms with van der Waals surface area (Å²) in [7, 11) is 0. The van der Waals surface area contributed by atoms with Crippen molar-refractivity contribution >= 4 is 27.5 Å². The van der Waals surface area contributed by atoms with E-state index in [0.29, 0.717) is 11.4 Å². The Balaban J connectivity index is 1.91. The lowest BCUT2D eigenvalue weighted by molar-refractivity contribution is -0.122. The van der Waals surface area contributed by atoms with Crippen molar-refractivity contribution in [3.8, 4) is 11.5 Å². The molecule has 0 fully saturated rings. The van der Waals surface area contributed by atoms with Crippen LogP contribution in [0.2, 0.25) is 0 Å². The number of hydrogen-bond acceptors (Lipinski definition) is 3. The molecule has 0 aliphatic rings. The van der Waals surface area contributed by atoms with Gasteiger partial charge in [0.25, 0.3) is 5.91 Å². The molecule has 4 nitrogen and oxygen atoms in total. The van der Waals surface area contributed by atoms with Crippen LogP contribution in [0.4, 0.5) is 5.69 Å². The number of anilines is 1. The van der Waals surface area contributed by atoms with Gasteiger partial charge >= 0.3 is 0 Å². The molecule has 0 spiro atoms. The van der Waals surface area contributed by atoms with Crippen molar-refractivity contribution in [2.75, 3.05) is 5.32 Å². The monoisotopic (exact) mass is 377 g/mol. The Morgan fingerprint density at radius 2 is 1.43 bits per heavy atom. The van der Waals surface area contributed by atoms with E-state index in [9.17, 15) is 4.79 Å². The van der Waals surface area contributed by atoms with Crippen LogP contribution in [0.3, 0.4) is 0 Å². The third-order valence-electron chi connectivity index (χ3n) is 2.99. The molecule has 0 saturated heterocycles. The molecular formula is C18H20BrNO3. The second kappa shape index (κ2) is 8.02. The zero-order chi connectivity index (χ0) is 16.8. The van der Waals surface area contributed by atoms with Gasteiger partial charge in [-0.25, -0.2) is 0 Å². The lowest BCUT2D eigenvalue weighted by Gasteiger charge is -2.15. The van der Waals surface area contributed by atoms with Crippen LogP contribution in [0.1, 0.15) is 20.8 Å². The SMILES string of the molecule is CC(C)Oc1ccc(NC(=O)C(C)Oc2ccc(Br)cc2)cc1. The van der Waals surface area contributed by atoms with Gasteiger partial charge in [-0.05, 0) is 69.3 Å². The quantitative estimate of drug-likeness (QED) is 0.797. The lowest BCUT2D eigenvalue weighted by atomic mass is 10.2. The van der Waals surface area contributed by atoms with E-state index in [0.717, 1.165) is 10.2 Å². The van der Waals surface area contributed by atoms with Crippen LogP contribution in [0.5, 0.6) is 11.5 Å². The summed E-state index contributed by atoms with van der Waals surface area (Å²) in [6.45, 7) is 5.65. The molecule has 23 heavy (non-hydrogen) atoms. The first kappa shape index (κ1) is 17.3. The molecule has 0 aliphatic heterocycles. The summed E-state index contributed by atoms with van der Waals surface area (Å²) in [6, 6.07) is 14.6. The maximum Gasteiger partial charge on any atom is 0.265 e. The van der Waals surface area contributed by atoms with Crippen molar-refractivity contribution in [2.45, 2.75) is 33.0 Å². The number of carbonyl (C=O) groups excluding carboxylic acids is 1. The van der Waals surface area contributed by atoms with Crippen molar-refractivity contribution < 1.29 is 14.3 Å². The number of nitrogens with one attached hydrogen (secondary N) is 1. The standard InChI is InChI=1S/C18H20BrNO3/c1-12(2)22-16-10-6-15(7-11-16)20-18(21)13(3)23-17-8-4-14(19)5-9-17/h4-13H,1-3H3,(H,20,21). The van der Waals surface area contributed by atoms with Crippen molar-refractivity contribution in [3.63, 3.8) is 0 Å². The van der Waals surface area contributed by atoms with Crippen LogP contribution in [0, 0.1) is 0 Å². The van der Waals surface area contributed by atoms with E-state index in [2.05, 4.69) is 21.2 Å². The second-order valence-corrected chi connectivity index (χ2v) is 6.31. The Labute approximate surface area is 144 Å². The molecule has 0 aromatic heterocycles. The fourth-order valence-corrected chi connectivity index (χ4v) is 2.17. The molecule has 0 heterocycles. The maximum atomic E-state index is 12.2. The molecule has 0 radical (unpaired) electrons. The highest BCUT2D eigenvalue weighted by Gasteiger charge is 2.15. The van der Waals surface area contributed by atoms with Crippen molar-refractivity contribution in [1.29, 1.82) is 0 Å². The van der Waals surface area contributed by atoms with E-state index >= 15 is 0 Å². The molecule has 0 saturated carbocycles. The molecule has 2 aromatic rings. The maximum absolute atomic E-state index is 12.2. The minimum atomic E-state index is -0.595. The van der Waals surface area contributed by atoms with E-state index in [1.807, 2.05) is 62.4 Å². The highest BCUT2D eigenvalue weighted by atomic mass is 79.9. The Hall–Kier alpha value is -2.01. The molecule has 0 aliphatic carbocycles. The van der Waals surface area contributed by atoms with Crippen LogP contribution in [0.25, 0.3) is 0 Å². The Morgan fingerprint density at radius 3 is 2.00 bits per heavy atom. The first-order chi connectivity index (χ1) is 10.9. The first-order valence-electron chi connectivity index (χ1n) is 7.44. The number of rotatable bonds is 6. The smallest absolute Gasteiger partial charge is 0.265 e. The number of amides is 1. The third-order valence-corrected chi connectivity index (χ3v) is 3.52. The van der Waals surface area contributed by atoms with Gasteiger partial charge in [-0.1, -0.05) is 15.9 Å². The second-order valence-electron chi connectivity index (χ2n) is 5.39. The summed E-state index contributed by atoms with van der Waals surface area (Å²) in [6.07, 6.45) is -0.475. The van der Waals surface area contributed by atoms with Crippen LogP contribution < -0.4 is 14.8 Å². The summed E-state index contributed by atoms with van der Waals surface area (Å²) in [4.78, 5) is 12.2. The first-order valence-corrected chi connectivity index (χ1v) is 8.23. The molecule has 122 valence electrons. The largest absolute Gasteiger partial charge is 0.491 e. The molecule has 0 bridgehead atoms. The molecule has 1 unspecified atom stereocenters. The summed E-state index contributed by atoms with van der Waals surface area (Å²) in [5, 5.41) is 2.83. The van der Waals surface area contributed by atoms with Gasteiger partial charge < -0.3 is 14.8 Å². The van der Waals surface area contributed by atoms with Crippen molar-refractivity contribution in [2.24, 2.45) is 0 Å². The normalized spacial score (nSPS) is 11.9. The van der Waals surface area contributed by atoms with Gasteiger partial charge in [0.2, 0.25) is 0 Å². The minimum Gasteiger partial charge on any atom is -0.491 e. The fourth-order valence-electron chi connectivity index (χ4n) is 1.90. The van der Waals surface area contributed by atoms with E-state index in [1.165, 1.54) is 0 Å². The minimum absolute atomic E-state index is 0.120. The summed E-state index contributed by atoms with van der Waals surface area (Å²) in [5.74, 6) is 1.22. The summed E-state index contributed by atoms with van der Waals surface area (Å²) < 4.78 is 12.2. The highest BCUT2D eigenvalue weighted by Crippen LogP contribution is 2.19. The molecule has 2 rings (SSSR count). The average molecular weight is 378 g/mol. The van der Waals surface area contributed by atoms with Gasteiger partial charge in [0, 0.05) is 10.2 Å². The van der Waals surface area contributed by atoms with Gasteiger partial charge in [-0.2, -0.15) is 0 Å². The van der Waals surface area contributed by atoms with E-state index < -0.39 is 6.10 Å². The van der Waals surface area contributed by atoms with E-state index in [-0.39, 0.29) is 12.0 Å². The number of carbonyl (C=O) groups is 1. The van der Waals surface area contributed by atoms with E-state index in [1.54, 1.807) is 6.92 Å². The van der Waals surface area contributed by atoms with Gasteiger partial charge in [0.15, 0.2) is 6.10 Å². The van der Waals surface area contributed by atoms with Gasteiger partial charge in [-0.3, -0.25) is 4.79 Å². The molecule has 5 heteroatoms. The predicted octanol–water partition coefficient (Wildman–Crippen LogP) is 4.64. The summed E-state index contributed by atoms with van der Waals surface area (Å²) >= 11 is 3.36. The van der Waals surface area contributed by atoms with Crippen LogP contribution in [-0.4, -0.2) is 18.1 Å². The highest BCUT2D eigenvalue weighted by molar-refractivity contribution is 9.10. The van der Waals surface area contributed by atoms with Gasteiger partial charge in [-0.15, -0.1) is 0 Å². The average Bonchev–Trinajstić information content (AvgIpc) is 2.51. The van der Waals surface area contributed by atoms with Crippen LogP contribution in [0.15, 0.2) is 53.0 Å². The number of hydrogen-bond donors (Lipinski definition) is 1. The van der Waals surface area contributed by atoms with Crippen molar-refractivity contribution in [3.05, 3.63) is 53.0 Å². The van der Waals surface area contributed by atoms with Crippen molar-refractivity contribution in [1.82, 2.24) is 0 Å². The molecule has 1 amide bonds. The van der Waals surface area contributed by atoms with Gasteiger partial charge in [0.1, 0.15) is 11.5 Å². The zero-order valence-electron chi connectivity index (χ0n) is 13.4. The molecule has 1 N–H and O–H groups in total. The Kier molecular flexibility index (Phi) is 6.04. The number of ether oxygens (including phenoxy) is 2. The van der Waals surface area contributed by atoms with Gasteiger partial charge in [0.05, 0.1) is 6.10 Å². The topological polar surface area (TPSA) is 47.6 Å². The number of benzene rings is 2. The van der Waals surface area contributed by atoms with Crippen LogP contribution >= 0.6 is 15.9 Å². The lowest BCUT2D eigenvalue weighted by Crippen LogP contribution is -2.30. The zero-order valence-corrected chi connectivity index (χ0v) is 15.0. The Bertz CT molecular complexity index is 638. The Morgan fingerprint density at radius 1 is 0.913 bits per heavy atom. The van der Waals surface area contributed by atoms with E-state index in [4.69, 9.17) is 9.47 Å².